The van der Waals surface area contributed by atoms with Crippen LogP contribution >= 0.6 is 0 Å². The number of ether oxygens (including phenoxy) is 2. The van der Waals surface area contributed by atoms with Gasteiger partial charge in [0.25, 0.3) is 0 Å². The molecule has 2 unspecified atom stereocenters. The van der Waals surface area contributed by atoms with Crippen molar-refractivity contribution in [3.63, 3.8) is 0 Å². The highest BCUT2D eigenvalue weighted by atomic mass is 16.6. The van der Waals surface area contributed by atoms with Crippen LogP contribution in [0.25, 0.3) is 0 Å². The topological polar surface area (TPSA) is 131 Å². The van der Waals surface area contributed by atoms with Crippen LogP contribution in [0.3, 0.4) is 0 Å². The average Bonchev–Trinajstić information content (AvgIpc) is 2.77. The van der Waals surface area contributed by atoms with Crippen molar-refractivity contribution in [2.45, 2.75) is 57.9 Å². The minimum Gasteiger partial charge on any atom is -0.480 e. The number of carbonyl (C=O) groups is 4. The third kappa shape index (κ3) is 9.72. The molecular weight excluding hydrogens is 440 g/mol. The van der Waals surface area contributed by atoms with Crippen LogP contribution in [0.5, 0.6) is 0 Å². The molecular formula is C25H30N2O7. The summed E-state index contributed by atoms with van der Waals surface area (Å²) in [5.74, 6) is -2.83. The Morgan fingerprint density at radius 2 is 1.41 bits per heavy atom. The van der Waals surface area contributed by atoms with E-state index < -0.39 is 48.0 Å². The molecule has 9 nitrogen and oxygen atoms in total. The summed E-state index contributed by atoms with van der Waals surface area (Å²) in [6.45, 7) is 4.94. The molecule has 0 spiro atoms. The van der Waals surface area contributed by atoms with Crippen molar-refractivity contribution in [1.29, 1.82) is 0 Å². The quantitative estimate of drug-likeness (QED) is 0.455. The maximum atomic E-state index is 12.9. The molecule has 0 bridgehead atoms. The summed E-state index contributed by atoms with van der Waals surface area (Å²) in [5.41, 5.74) is 0.621. The summed E-state index contributed by atoms with van der Waals surface area (Å²) >= 11 is 0. The van der Waals surface area contributed by atoms with E-state index in [9.17, 15) is 24.3 Å². The van der Waals surface area contributed by atoms with Gasteiger partial charge in [-0.1, -0.05) is 60.7 Å². The highest BCUT2D eigenvalue weighted by molar-refractivity contribution is 5.92. The van der Waals surface area contributed by atoms with Crippen LogP contribution in [0.15, 0.2) is 60.7 Å². The van der Waals surface area contributed by atoms with Gasteiger partial charge in [0.15, 0.2) is 0 Å². The first kappa shape index (κ1) is 26.4. The van der Waals surface area contributed by atoms with Crippen molar-refractivity contribution in [3.05, 3.63) is 71.8 Å². The molecule has 182 valence electrons. The van der Waals surface area contributed by atoms with Crippen molar-refractivity contribution < 1.29 is 33.8 Å². The summed E-state index contributed by atoms with van der Waals surface area (Å²) in [7, 11) is 0. The highest BCUT2D eigenvalue weighted by Gasteiger charge is 2.30. The van der Waals surface area contributed by atoms with Gasteiger partial charge in [-0.05, 0) is 31.9 Å². The fourth-order valence-electron chi connectivity index (χ4n) is 2.94. The van der Waals surface area contributed by atoms with Crippen LogP contribution in [-0.4, -0.2) is 46.7 Å². The van der Waals surface area contributed by atoms with E-state index in [1.165, 1.54) is 0 Å². The monoisotopic (exact) mass is 470 g/mol. The molecule has 9 heteroatoms. The van der Waals surface area contributed by atoms with E-state index in [2.05, 4.69) is 10.6 Å². The van der Waals surface area contributed by atoms with Crippen molar-refractivity contribution >= 4 is 23.9 Å². The summed E-state index contributed by atoms with van der Waals surface area (Å²) in [4.78, 5) is 49.3. The molecule has 0 saturated carbocycles. The fraction of sp³-hybridized carbons (Fsp3) is 0.360. The van der Waals surface area contributed by atoms with Gasteiger partial charge in [0.05, 0.1) is 6.42 Å². The van der Waals surface area contributed by atoms with E-state index in [0.717, 1.165) is 5.56 Å². The largest absolute Gasteiger partial charge is 0.480 e. The first-order valence-electron chi connectivity index (χ1n) is 10.8. The van der Waals surface area contributed by atoms with E-state index in [0.29, 0.717) is 5.56 Å². The minimum absolute atomic E-state index is 0.00773. The van der Waals surface area contributed by atoms with Crippen LogP contribution in [-0.2, 0) is 36.9 Å². The third-order valence-electron chi connectivity index (χ3n) is 4.52. The molecule has 2 amide bonds. The lowest BCUT2D eigenvalue weighted by molar-refractivity contribution is -0.147. The third-order valence-corrected chi connectivity index (χ3v) is 4.52. The molecule has 0 aliphatic heterocycles. The minimum atomic E-state index is -1.39. The molecule has 0 fully saturated rings. The molecule has 2 aromatic rings. The second kappa shape index (κ2) is 12.4. The van der Waals surface area contributed by atoms with Gasteiger partial charge in [-0.3, -0.25) is 9.59 Å². The number of carbonyl (C=O) groups excluding carboxylic acids is 3. The fourth-order valence-corrected chi connectivity index (χ4v) is 2.94. The number of carboxylic acid groups (broad SMARTS) is 1. The molecule has 3 N–H and O–H groups in total. The van der Waals surface area contributed by atoms with Gasteiger partial charge in [-0.2, -0.15) is 0 Å². The number of hydrogen-bond donors (Lipinski definition) is 3. The number of hydrogen-bond acceptors (Lipinski definition) is 6. The zero-order valence-corrected chi connectivity index (χ0v) is 19.4. The Morgan fingerprint density at radius 1 is 0.853 bits per heavy atom. The summed E-state index contributed by atoms with van der Waals surface area (Å²) in [6, 6.07) is 15.1. The molecule has 0 aliphatic carbocycles. The van der Waals surface area contributed by atoms with E-state index in [4.69, 9.17) is 9.47 Å². The zero-order valence-electron chi connectivity index (χ0n) is 19.4. The summed E-state index contributed by atoms with van der Waals surface area (Å²) in [6.07, 6.45) is -1.40. The molecule has 0 aliphatic rings. The van der Waals surface area contributed by atoms with Gasteiger partial charge >= 0.3 is 18.0 Å². The molecule has 2 aromatic carbocycles. The predicted molar refractivity (Wildman–Crippen MR) is 124 cm³/mol. The number of aliphatic carboxylic acids is 1. The van der Waals surface area contributed by atoms with Crippen LogP contribution in [0, 0.1) is 0 Å². The van der Waals surface area contributed by atoms with E-state index in [-0.39, 0.29) is 13.0 Å². The molecule has 0 aromatic heterocycles. The lowest BCUT2D eigenvalue weighted by Crippen LogP contribution is -2.53. The molecule has 0 heterocycles. The predicted octanol–water partition coefficient (Wildman–Crippen LogP) is 2.83. The van der Waals surface area contributed by atoms with Crippen molar-refractivity contribution in [2.24, 2.45) is 0 Å². The Bertz CT molecular complexity index is 972. The van der Waals surface area contributed by atoms with E-state index in [1.807, 2.05) is 6.07 Å². The number of esters is 1. The standard InChI is InChI=1S/C25H30N2O7/c1-25(2,3)34-24(32)27-19(15-21(28)33-16-18-12-8-5-9-13-18)22(29)26-20(23(30)31)14-17-10-6-4-7-11-17/h4-13,19-20H,14-16H2,1-3H3,(H,26,29)(H,27,32)(H,30,31). The molecule has 34 heavy (non-hydrogen) atoms. The molecule has 2 rings (SSSR count). The van der Waals surface area contributed by atoms with Crippen molar-refractivity contribution in [3.8, 4) is 0 Å². The molecule has 0 saturated heterocycles. The van der Waals surface area contributed by atoms with Gasteiger partial charge in [-0.25, -0.2) is 9.59 Å². The molecule has 2 atom stereocenters. The van der Waals surface area contributed by atoms with Gasteiger partial charge in [-0.15, -0.1) is 0 Å². The average molecular weight is 471 g/mol. The smallest absolute Gasteiger partial charge is 0.408 e. The number of nitrogens with one attached hydrogen (secondary N) is 2. The number of benzene rings is 2. The Morgan fingerprint density at radius 3 is 1.94 bits per heavy atom. The van der Waals surface area contributed by atoms with Crippen LogP contribution < -0.4 is 10.6 Å². The van der Waals surface area contributed by atoms with Crippen LogP contribution in [0.4, 0.5) is 4.79 Å². The van der Waals surface area contributed by atoms with E-state index in [1.54, 1.807) is 75.4 Å². The zero-order chi connectivity index (χ0) is 25.1. The SMILES string of the molecule is CC(C)(C)OC(=O)NC(CC(=O)OCc1ccccc1)C(=O)NC(Cc1ccccc1)C(=O)O. The lowest BCUT2D eigenvalue weighted by atomic mass is 10.1. The first-order valence-corrected chi connectivity index (χ1v) is 10.8. The normalized spacial score (nSPS) is 12.7. The number of carboxylic acids is 1. The van der Waals surface area contributed by atoms with Crippen LogP contribution in [0.1, 0.15) is 38.3 Å². The Hall–Kier alpha value is -3.88. The second-order valence-corrected chi connectivity index (χ2v) is 8.64. The first-order chi connectivity index (χ1) is 16.0. The van der Waals surface area contributed by atoms with E-state index >= 15 is 0 Å². The van der Waals surface area contributed by atoms with Crippen LogP contribution in [0.2, 0.25) is 0 Å². The van der Waals surface area contributed by atoms with Crippen molar-refractivity contribution in [1.82, 2.24) is 10.6 Å². The van der Waals surface area contributed by atoms with Gasteiger partial charge in [0, 0.05) is 6.42 Å². The maximum Gasteiger partial charge on any atom is 0.408 e. The van der Waals surface area contributed by atoms with Gasteiger partial charge in [0.2, 0.25) is 5.91 Å². The summed E-state index contributed by atoms with van der Waals surface area (Å²) < 4.78 is 10.4. The lowest BCUT2D eigenvalue weighted by Gasteiger charge is -2.24. The Labute approximate surface area is 198 Å². The Kier molecular flexibility index (Phi) is 9.61. The number of amides is 2. The summed E-state index contributed by atoms with van der Waals surface area (Å²) in [5, 5.41) is 14.3. The van der Waals surface area contributed by atoms with Crippen molar-refractivity contribution in [2.75, 3.05) is 0 Å². The maximum absolute atomic E-state index is 12.9. The Balaban J connectivity index is 2.09. The highest BCUT2D eigenvalue weighted by Crippen LogP contribution is 2.09. The second-order valence-electron chi connectivity index (χ2n) is 8.64. The van der Waals surface area contributed by atoms with Gasteiger partial charge in [0.1, 0.15) is 24.3 Å². The van der Waals surface area contributed by atoms with Gasteiger partial charge < -0.3 is 25.2 Å². The number of rotatable bonds is 10. The molecule has 0 radical (unpaired) electrons. The number of alkyl carbamates (subject to hydrolysis) is 1.